The van der Waals surface area contributed by atoms with Crippen LogP contribution in [-0.4, -0.2) is 68.6 Å². The zero-order valence-corrected chi connectivity index (χ0v) is 10.2. The number of hydrogen-bond donors (Lipinski definition) is 6. The number of aliphatic hydroxyl groups is 5. The van der Waals surface area contributed by atoms with E-state index in [4.69, 9.17) is 0 Å². The van der Waals surface area contributed by atoms with Gasteiger partial charge in [-0.3, -0.25) is 0 Å². The molecule has 0 heterocycles. The van der Waals surface area contributed by atoms with E-state index in [2.05, 4.69) is 5.32 Å². The summed E-state index contributed by atoms with van der Waals surface area (Å²) in [5, 5.41) is 50.7. The lowest BCUT2D eigenvalue weighted by atomic mass is 9.83. The van der Waals surface area contributed by atoms with Crippen LogP contribution >= 0.6 is 0 Å². The maximum Gasteiger partial charge on any atom is 0.111 e. The van der Waals surface area contributed by atoms with E-state index in [-0.39, 0.29) is 0 Å². The standard InChI is InChI=1S/C11H23NO5/c1-5(2)3-4-12-6-7(13)9(15)11(17)10(16)8(6)14/h5-17H,3-4H2,1-2H3/t6?,7-,8+,9+,10-,11?. The van der Waals surface area contributed by atoms with Gasteiger partial charge in [-0.25, -0.2) is 0 Å². The Hall–Kier alpha value is -0.240. The normalized spacial score (nSPS) is 43.1. The van der Waals surface area contributed by atoms with Gasteiger partial charge >= 0.3 is 0 Å². The van der Waals surface area contributed by atoms with Crippen LogP contribution in [0.5, 0.6) is 0 Å². The molecule has 1 fully saturated rings. The molecule has 0 aromatic carbocycles. The van der Waals surface area contributed by atoms with Gasteiger partial charge in [0.15, 0.2) is 0 Å². The Morgan fingerprint density at radius 3 is 1.65 bits per heavy atom. The first kappa shape index (κ1) is 14.8. The molecule has 0 amide bonds. The van der Waals surface area contributed by atoms with E-state index in [1.54, 1.807) is 0 Å². The number of aliphatic hydroxyl groups excluding tert-OH is 5. The van der Waals surface area contributed by atoms with Crippen molar-refractivity contribution >= 4 is 0 Å². The molecule has 0 radical (unpaired) electrons. The van der Waals surface area contributed by atoms with E-state index >= 15 is 0 Å². The van der Waals surface area contributed by atoms with Gasteiger partial charge < -0.3 is 30.8 Å². The third-order valence-electron chi connectivity index (χ3n) is 3.24. The molecule has 0 aliphatic heterocycles. The van der Waals surface area contributed by atoms with Gasteiger partial charge in [0, 0.05) is 0 Å². The number of rotatable bonds is 4. The van der Waals surface area contributed by atoms with Crippen molar-refractivity contribution in [2.75, 3.05) is 6.54 Å². The van der Waals surface area contributed by atoms with Crippen molar-refractivity contribution in [1.29, 1.82) is 0 Å². The lowest BCUT2D eigenvalue weighted by Gasteiger charge is -2.42. The Labute approximate surface area is 101 Å². The minimum atomic E-state index is -1.52. The van der Waals surface area contributed by atoms with E-state index in [0.717, 1.165) is 6.42 Å². The SMILES string of the molecule is CC(C)CCNC1[C@@H](O)[C@H](O)C(O)[C@H](O)[C@H]1O. The van der Waals surface area contributed by atoms with Crippen LogP contribution in [0.1, 0.15) is 20.3 Å². The van der Waals surface area contributed by atoms with Crippen molar-refractivity contribution in [2.45, 2.75) is 56.8 Å². The molecule has 6 heteroatoms. The average molecular weight is 249 g/mol. The fraction of sp³-hybridized carbons (Fsp3) is 1.00. The highest BCUT2D eigenvalue weighted by Gasteiger charge is 2.47. The lowest BCUT2D eigenvalue weighted by molar-refractivity contribution is -0.190. The molecule has 1 aliphatic rings. The molecule has 1 rings (SSSR count). The molecule has 1 saturated carbocycles. The van der Waals surface area contributed by atoms with E-state index in [9.17, 15) is 25.5 Å². The van der Waals surface area contributed by atoms with Crippen LogP contribution in [-0.2, 0) is 0 Å². The fourth-order valence-corrected chi connectivity index (χ4v) is 2.01. The molecule has 6 nitrogen and oxygen atoms in total. The minimum absolute atomic E-state index is 0.473. The Bertz CT molecular complexity index is 222. The maximum absolute atomic E-state index is 9.72. The minimum Gasteiger partial charge on any atom is -0.389 e. The molecule has 1 aliphatic carbocycles. The Morgan fingerprint density at radius 1 is 0.824 bits per heavy atom. The smallest absolute Gasteiger partial charge is 0.111 e. The highest BCUT2D eigenvalue weighted by Crippen LogP contribution is 2.21. The molecule has 102 valence electrons. The van der Waals surface area contributed by atoms with Crippen LogP contribution in [0.4, 0.5) is 0 Å². The molecule has 0 saturated heterocycles. The second-order valence-corrected chi connectivity index (χ2v) is 5.12. The summed E-state index contributed by atoms with van der Waals surface area (Å²) in [7, 11) is 0. The van der Waals surface area contributed by atoms with Crippen LogP contribution in [0.25, 0.3) is 0 Å². The average Bonchev–Trinajstić information content (AvgIpc) is 2.28. The molecule has 2 unspecified atom stereocenters. The number of nitrogens with one attached hydrogen (secondary N) is 1. The summed E-state index contributed by atoms with van der Waals surface area (Å²) in [6.07, 6.45) is -6.17. The second-order valence-electron chi connectivity index (χ2n) is 5.12. The van der Waals surface area contributed by atoms with Crippen molar-refractivity contribution < 1.29 is 25.5 Å². The second kappa shape index (κ2) is 6.08. The van der Waals surface area contributed by atoms with Crippen molar-refractivity contribution in [1.82, 2.24) is 5.32 Å². The van der Waals surface area contributed by atoms with Crippen LogP contribution in [0, 0.1) is 5.92 Å². The first-order valence-electron chi connectivity index (χ1n) is 6.00. The summed E-state index contributed by atoms with van der Waals surface area (Å²) in [6.45, 7) is 4.65. The largest absolute Gasteiger partial charge is 0.389 e. The highest BCUT2D eigenvalue weighted by molar-refractivity contribution is 5.01. The highest BCUT2D eigenvalue weighted by atomic mass is 16.4. The van der Waals surface area contributed by atoms with Gasteiger partial charge in [-0.1, -0.05) is 13.8 Å². The molecule has 17 heavy (non-hydrogen) atoms. The van der Waals surface area contributed by atoms with E-state index in [1.165, 1.54) is 0 Å². The molecule has 0 bridgehead atoms. The molecule has 6 atom stereocenters. The van der Waals surface area contributed by atoms with Crippen molar-refractivity contribution in [3.05, 3.63) is 0 Å². The summed E-state index contributed by atoms with van der Waals surface area (Å²) in [4.78, 5) is 0. The van der Waals surface area contributed by atoms with Gasteiger partial charge in [0.2, 0.25) is 0 Å². The van der Waals surface area contributed by atoms with Crippen molar-refractivity contribution in [3.63, 3.8) is 0 Å². The summed E-state index contributed by atoms with van der Waals surface area (Å²) < 4.78 is 0. The summed E-state index contributed by atoms with van der Waals surface area (Å²) in [5.74, 6) is 0.473. The van der Waals surface area contributed by atoms with Crippen LogP contribution in [0.15, 0.2) is 0 Å². The molecule has 6 N–H and O–H groups in total. The Balaban J connectivity index is 2.57. The summed E-state index contributed by atoms with van der Waals surface area (Å²) in [5.41, 5.74) is 0. The molecule has 0 aromatic heterocycles. The zero-order chi connectivity index (χ0) is 13.2. The van der Waals surface area contributed by atoms with Crippen LogP contribution < -0.4 is 5.32 Å². The van der Waals surface area contributed by atoms with Crippen molar-refractivity contribution in [3.8, 4) is 0 Å². The predicted octanol–water partition coefficient (Wildman–Crippen LogP) is -2.19. The third kappa shape index (κ3) is 3.37. The van der Waals surface area contributed by atoms with Gasteiger partial charge in [-0.15, -0.1) is 0 Å². The lowest BCUT2D eigenvalue weighted by Crippen LogP contribution is -2.67. The topological polar surface area (TPSA) is 113 Å². The van der Waals surface area contributed by atoms with Crippen LogP contribution in [0.3, 0.4) is 0 Å². The van der Waals surface area contributed by atoms with Gasteiger partial charge in [-0.2, -0.15) is 0 Å². The van der Waals surface area contributed by atoms with Gasteiger partial charge in [0.25, 0.3) is 0 Å². The third-order valence-corrected chi connectivity index (χ3v) is 3.24. The first-order valence-corrected chi connectivity index (χ1v) is 6.00. The maximum atomic E-state index is 9.72. The van der Waals surface area contributed by atoms with E-state index in [1.807, 2.05) is 13.8 Å². The zero-order valence-electron chi connectivity index (χ0n) is 10.2. The monoisotopic (exact) mass is 249 g/mol. The van der Waals surface area contributed by atoms with Gasteiger partial charge in [0.05, 0.1) is 6.04 Å². The van der Waals surface area contributed by atoms with Gasteiger partial charge in [-0.05, 0) is 18.9 Å². The molecular weight excluding hydrogens is 226 g/mol. The Kier molecular flexibility index (Phi) is 5.30. The Morgan fingerprint density at radius 2 is 1.24 bits per heavy atom. The molecular formula is C11H23NO5. The van der Waals surface area contributed by atoms with Crippen molar-refractivity contribution in [2.24, 2.45) is 5.92 Å². The number of hydrogen-bond acceptors (Lipinski definition) is 6. The first-order chi connectivity index (χ1) is 7.86. The summed E-state index contributed by atoms with van der Waals surface area (Å²) in [6, 6.07) is -0.831. The molecule has 0 spiro atoms. The van der Waals surface area contributed by atoms with Crippen LogP contribution in [0.2, 0.25) is 0 Å². The molecule has 0 aromatic rings. The van der Waals surface area contributed by atoms with E-state index < -0.39 is 36.6 Å². The fourth-order valence-electron chi connectivity index (χ4n) is 2.01. The van der Waals surface area contributed by atoms with E-state index in [0.29, 0.717) is 12.5 Å². The summed E-state index contributed by atoms with van der Waals surface area (Å²) >= 11 is 0. The quantitative estimate of drug-likeness (QED) is 0.337. The van der Waals surface area contributed by atoms with Gasteiger partial charge in [0.1, 0.15) is 30.5 Å². The predicted molar refractivity (Wildman–Crippen MR) is 61.3 cm³/mol.